The maximum atomic E-state index is 12.3. The van der Waals surface area contributed by atoms with Gasteiger partial charge in [-0.1, -0.05) is 30.3 Å². The van der Waals surface area contributed by atoms with Gasteiger partial charge in [0.2, 0.25) is 0 Å². The van der Waals surface area contributed by atoms with Crippen molar-refractivity contribution in [3.8, 4) is 11.5 Å². The summed E-state index contributed by atoms with van der Waals surface area (Å²) >= 11 is 0. The van der Waals surface area contributed by atoms with Crippen LogP contribution in [0.25, 0.3) is 0 Å². The normalized spacial score (nSPS) is 14.8. The van der Waals surface area contributed by atoms with Crippen molar-refractivity contribution in [3.63, 3.8) is 0 Å². The maximum Gasteiger partial charge on any atom is 0.317 e. The van der Waals surface area contributed by atoms with Gasteiger partial charge in [-0.05, 0) is 29.8 Å². The second-order valence-electron chi connectivity index (χ2n) is 6.12. The molecule has 0 aliphatic carbocycles. The van der Waals surface area contributed by atoms with Crippen LogP contribution in [-0.4, -0.2) is 37.2 Å². The second kappa shape index (κ2) is 8.42. The van der Waals surface area contributed by atoms with E-state index < -0.39 is 0 Å². The Morgan fingerprint density at radius 2 is 1.68 bits per heavy atom. The molecule has 1 aliphatic heterocycles. The highest BCUT2D eigenvalue weighted by atomic mass is 16.5. The topological polar surface area (TPSA) is 50.8 Å². The number of carbonyl (C=O) groups is 1. The number of carbonyl (C=O) groups excluding carboxylic acids is 1. The third kappa shape index (κ3) is 4.89. The first kappa shape index (κ1) is 17.1. The fraction of sp³-hybridized carbons (Fsp3) is 0.350. The summed E-state index contributed by atoms with van der Waals surface area (Å²) < 4.78 is 11.1. The maximum absolute atomic E-state index is 12.3. The number of nitrogens with one attached hydrogen (secondary N) is 1. The quantitative estimate of drug-likeness (QED) is 0.907. The molecule has 0 aromatic heterocycles. The molecule has 0 atom stereocenters. The highest BCUT2D eigenvalue weighted by Gasteiger charge is 2.23. The molecule has 1 aliphatic rings. The van der Waals surface area contributed by atoms with E-state index in [1.807, 2.05) is 59.5 Å². The molecular formula is C20H24N2O3. The van der Waals surface area contributed by atoms with Gasteiger partial charge in [-0.2, -0.15) is 0 Å². The summed E-state index contributed by atoms with van der Waals surface area (Å²) in [6, 6.07) is 17.5. The number of likely N-dealkylation sites (tertiary alicyclic amines) is 1. The zero-order valence-corrected chi connectivity index (χ0v) is 14.5. The molecule has 1 fully saturated rings. The summed E-state index contributed by atoms with van der Waals surface area (Å²) in [6.45, 7) is 1.98. The minimum absolute atomic E-state index is 0.00764. The summed E-state index contributed by atoms with van der Waals surface area (Å²) in [5.74, 6) is 1.66. The van der Waals surface area contributed by atoms with Crippen LogP contribution in [-0.2, 0) is 6.54 Å². The molecule has 2 aromatic rings. The number of nitrogens with zero attached hydrogens (tertiary/aromatic N) is 1. The Kier molecular flexibility index (Phi) is 5.77. The van der Waals surface area contributed by atoms with Crippen LogP contribution in [0.15, 0.2) is 54.6 Å². The lowest BCUT2D eigenvalue weighted by Gasteiger charge is -2.32. The molecule has 1 heterocycles. The van der Waals surface area contributed by atoms with Crippen molar-refractivity contribution in [2.75, 3.05) is 20.2 Å². The van der Waals surface area contributed by atoms with Gasteiger partial charge in [-0.3, -0.25) is 0 Å². The molecule has 0 spiro atoms. The largest absolute Gasteiger partial charge is 0.497 e. The van der Waals surface area contributed by atoms with Gasteiger partial charge in [0.15, 0.2) is 0 Å². The average molecular weight is 340 g/mol. The molecule has 5 nitrogen and oxygen atoms in total. The molecule has 0 bridgehead atoms. The highest BCUT2D eigenvalue weighted by molar-refractivity contribution is 5.74. The molecule has 132 valence electrons. The fourth-order valence-electron chi connectivity index (χ4n) is 2.91. The second-order valence-corrected chi connectivity index (χ2v) is 6.12. The Balaban J connectivity index is 1.42. The number of methoxy groups -OCH3 is 1. The average Bonchev–Trinajstić information content (AvgIpc) is 2.68. The minimum atomic E-state index is -0.00764. The summed E-state index contributed by atoms with van der Waals surface area (Å²) in [5.41, 5.74) is 1.11. The summed E-state index contributed by atoms with van der Waals surface area (Å²) in [6.07, 6.45) is 1.82. The molecule has 2 amide bonds. The third-order valence-corrected chi connectivity index (χ3v) is 4.38. The van der Waals surface area contributed by atoms with Crippen LogP contribution in [0.4, 0.5) is 4.79 Å². The van der Waals surface area contributed by atoms with E-state index >= 15 is 0 Å². The molecular weight excluding hydrogens is 316 g/mol. The van der Waals surface area contributed by atoms with Gasteiger partial charge in [0, 0.05) is 32.5 Å². The molecule has 3 rings (SSSR count). The van der Waals surface area contributed by atoms with Crippen molar-refractivity contribution in [2.24, 2.45) is 0 Å². The van der Waals surface area contributed by atoms with Gasteiger partial charge in [-0.15, -0.1) is 0 Å². The van der Waals surface area contributed by atoms with Crippen molar-refractivity contribution in [2.45, 2.75) is 25.5 Å². The number of hydrogen-bond acceptors (Lipinski definition) is 3. The van der Waals surface area contributed by atoms with Crippen LogP contribution in [0.5, 0.6) is 11.5 Å². The fourth-order valence-corrected chi connectivity index (χ4v) is 2.91. The summed E-state index contributed by atoms with van der Waals surface area (Å²) in [7, 11) is 1.65. The van der Waals surface area contributed by atoms with Crippen molar-refractivity contribution in [1.82, 2.24) is 10.2 Å². The van der Waals surface area contributed by atoms with Crippen molar-refractivity contribution < 1.29 is 14.3 Å². The third-order valence-electron chi connectivity index (χ3n) is 4.38. The van der Waals surface area contributed by atoms with Crippen LogP contribution in [0.2, 0.25) is 0 Å². The van der Waals surface area contributed by atoms with Gasteiger partial charge < -0.3 is 19.7 Å². The van der Waals surface area contributed by atoms with Gasteiger partial charge in [0.25, 0.3) is 0 Å². The number of ether oxygens (including phenoxy) is 2. The van der Waals surface area contributed by atoms with Crippen LogP contribution < -0.4 is 14.8 Å². The van der Waals surface area contributed by atoms with E-state index in [0.29, 0.717) is 19.6 Å². The number of amides is 2. The molecule has 25 heavy (non-hydrogen) atoms. The summed E-state index contributed by atoms with van der Waals surface area (Å²) in [4.78, 5) is 14.1. The van der Waals surface area contributed by atoms with Crippen LogP contribution in [0, 0.1) is 0 Å². The summed E-state index contributed by atoms with van der Waals surface area (Å²) in [5, 5.41) is 2.98. The Morgan fingerprint density at radius 1 is 1.04 bits per heavy atom. The number of benzene rings is 2. The van der Waals surface area contributed by atoms with E-state index in [0.717, 1.165) is 29.9 Å². The van der Waals surface area contributed by atoms with E-state index in [1.54, 1.807) is 7.11 Å². The van der Waals surface area contributed by atoms with E-state index in [1.165, 1.54) is 0 Å². The minimum Gasteiger partial charge on any atom is -0.497 e. The molecule has 0 unspecified atom stereocenters. The van der Waals surface area contributed by atoms with Crippen LogP contribution in [0.1, 0.15) is 18.4 Å². The van der Waals surface area contributed by atoms with Crippen molar-refractivity contribution in [3.05, 3.63) is 60.2 Å². The SMILES string of the molecule is COc1ccc(OC2CCN(C(=O)NCc3ccccc3)CC2)cc1. The van der Waals surface area contributed by atoms with E-state index in [2.05, 4.69) is 5.32 Å². The lowest BCUT2D eigenvalue weighted by molar-refractivity contribution is 0.111. The number of hydrogen-bond donors (Lipinski definition) is 1. The first-order chi connectivity index (χ1) is 12.2. The predicted molar refractivity (Wildman–Crippen MR) is 96.9 cm³/mol. The Labute approximate surface area is 148 Å². The standard InChI is InChI=1S/C20H24N2O3/c1-24-17-7-9-18(10-8-17)25-19-11-13-22(14-12-19)20(23)21-15-16-5-3-2-4-6-16/h2-10,19H,11-15H2,1H3,(H,21,23). The molecule has 5 heteroatoms. The number of urea groups is 1. The lowest BCUT2D eigenvalue weighted by Crippen LogP contribution is -2.46. The zero-order chi connectivity index (χ0) is 17.5. The number of rotatable bonds is 5. The van der Waals surface area contributed by atoms with Gasteiger partial charge in [0.1, 0.15) is 17.6 Å². The monoisotopic (exact) mass is 340 g/mol. The zero-order valence-electron chi connectivity index (χ0n) is 14.5. The first-order valence-electron chi connectivity index (χ1n) is 8.62. The molecule has 0 saturated carbocycles. The Bertz CT molecular complexity index is 665. The van der Waals surface area contributed by atoms with E-state index in [4.69, 9.17) is 9.47 Å². The predicted octanol–water partition coefficient (Wildman–Crippen LogP) is 3.45. The highest BCUT2D eigenvalue weighted by Crippen LogP contribution is 2.21. The molecule has 2 aromatic carbocycles. The van der Waals surface area contributed by atoms with Gasteiger partial charge in [0.05, 0.1) is 7.11 Å². The van der Waals surface area contributed by atoms with Crippen LogP contribution in [0.3, 0.4) is 0 Å². The molecule has 1 N–H and O–H groups in total. The van der Waals surface area contributed by atoms with Crippen molar-refractivity contribution in [1.29, 1.82) is 0 Å². The Hall–Kier alpha value is -2.69. The molecule has 1 saturated heterocycles. The van der Waals surface area contributed by atoms with E-state index in [9.17, 15) is 4.79 Å². The smallest absolute Gasteiger partial charge is 0.317 e. The lowest BCUT2D eigenvalue weighted by atomic mass is 10.1. The number of piperidine rings is 1. The molecule has 0 radical (unpaired) electrons. The first-order valence-corrected chi connectivity index (χ1v) is 8.62. The van der Waals surface area contributed by atoms with Crippen molar-refractivity contribution >= 4 is 6.03 Å². The van der Waals surface area contributed by atoms with Gasteiger partial charge >= 0.3 is 6.03 Å². The Morgan fingerprint density at radius 3 is 2.32 bits per heavy atom. The van der Waals surface area contributed by atoms with Gasteiger partial charge in [-0.25, -0.2) is 4.79 Å². The van der Waals surface area contributed by atoms with Crippen LogP contribution >= 0.6 is 0 Å². The van der Waals surface area contributed by atoms with E-state index in [-0.39, 0.29) is 12.1 Å².